The van der Waals surface area contributed by atoms with Crippen LogP contribution in [0.4, 0.5) is 5.82 Å². The largest absolute Gasteiger partial charge is 0.478 e. The topological polar surface area (TPSA) is 104 Å². The number of hydrogen-bond acceptors (Lipinski definition) is 5. The lowest BCUT2D eigenvalue weighted by Gasteiger charge is -2.08. The number of benzene rings is 2. The molecule has 0 aliphatic heterocycles. The first-order chi connectivity index (χ1) is 16.0. The zero-order valence-electron chi connectivity index (χ0n) is 17.3. The minimum atomic E-state index is -0.942. The van der Waals surface area contributed by atoms with Crippen LogP contribution in [0.1, 0.15) is 15.9 Å². The first kappa shape index (κ1) is 20.7. The lowest BCUT2D eigenvalue weighted by atomic mass is 10.1. The number of aromatic carboxylic acids is 1. The summed E-state index contributed by atoms with van der Waals surface area (Å²) >= 11 is 6.04. The van der Waals surface area contributed by atoms with E-state index in [1.54, 1.807) is 30.6 Å². The van der Waals surface area contributed by atoms with Crippen molar-refractivity contribution in [2.75, 3.05) is 5.32 Å². The highest BCUT2D eigenvalue weighted by Gasteiger charge is 2.08. The number of nitrogens with zero attached hydrogens (tertiary/aromatic N) is 3. The molecule has 3 aromatic heterocycles. The number of rotatable bonds is 6. The van der Waals surface area contributed by atoms with Gasteiger partial charge in [0, 0.05) is 35.1 Å². The summed E-state index contributed by atoms with van der Waals surface area (Å²) < 4.78 is 0. The Morgan fingerprint density at radius 1 is 0.970 bits per heavy atom. The Morgan fingerprint density at radius 2 is 1.82 bits per heavy atom. The third-order valence-electron chi connectivity index (χ3n) is 5.19. The molecule has 0 spiro atoms. The second-order valence-electron chi connectivity index (χ2n) is 7.47. The number of nitrogens with one attached hydrogen (secondary N) is 2. The van der Waals surface area contributed by atoms with Crippen molar-refractivity contribution in [1.29, 1.82) is 0 Å². The molecule has 0 aliphatic carbocycles. The fraction of sp³-hybridized carbons (Fsp3) is 0.0400. The molecular weight excluding hydrogens is 438 g/mol. The molecule has 0 saturated carbocycles. The molecule has 0 unspecified atom stereocenters. The van der Waals surface area contributed by atoms with Crippen LogP contribution >= 0.6 is 11.6 Å². The molecule has 5 rings (SSSR count). The van der Waals surface area contributed by atoms with Gasteiger partial charge in [-0.3, -0.25) is 4.98 Å². The summed E-state index contributed by atoms with van der Waals surface area (Å²) in [5.41, 5.74) is 5.41. The summed E-state index contributed by atoms with van der Waals surface area (Å²) in [6, 6.07) is 20.1. The zero-order chi connectivity index (χ0) is 22.8. The van der Waals surface area contributed by atoms with E-state index in [0.29, 0.717) is 17.4 Å². The number of H-pyrrole nitrogens is 1. The van der Waals surface area contributed by atoms with E-state index in [1.807, 2.05) is 48.5 Å². The molecule has 0 amide bonds. The van der Waals surface area contributed by atoms with Gasteiger partial charge in [-0.2, -0.15) is 0 Å². The van der Waals surface area contributed by atoms with Crippen LogP contribution < -0.4 is 5.32 Å². The Balaban J connectivity index is 1.28. The van der Waals surface area contributed by atoms with Crippen molar-refractivity contribution in [2.45, 2.75) is 6.54 Å². The number of pyridine rings is 2. The second kappa shape index (κ2) is 8.72. The average Bonchev–Trinajstić information content (AvgIpc) is 3.26. The Bertz CT molecular complexity index is 1450. The number of carbonyl (C=O) groups is 1. The molecule has 0 radical (unpaired) electrons. The van der Waals surface area contributed by atoms with Crippen molar-refractivity contribution in [3.63, 3.8) is 0 Å². The Kier molecular flexibility index (Phi) is 5.46. The molecule has 0 atom stereocenters. The number of halogens is 1. The number of anilines is 1. The van der Waals surface area contributed by atoms with Gasteiger partial charge in [0.25, 0.3) is 0 Å². The van der Waals surface area contributed by atoms with Crippen molar-refractivity contribution in [3.05, 3.63) is 95.3 Å². The van der Waals surface area contributed by atoms with E-state index >= 15 is 0 Å². The number of carboxylic acid groups (broad SMARTS) is 1. The SMILES string of the molecule is O=C(O)c1cccc(CNc2ccc(-c3ccc(-c4nc5cc(Cl)ccc5[nH]4)cn3)cn2)c1. The van der Waals surface area contributed by atoms with Crippen LogP contribution in [0, 0.1) is 0 Å². The molecule has 8 heteroatoms. The number of aromatic nitrogens is 4. The fourth-order valence-corrected chi connectivity index (χ4v) is 3.64. The van der Waals surface area contributed by atoms with E-state index in [1.165, 1.54) is 0 Å². The highest BCUT2D eigenvalue weighted by atomic mass is 35.5. The molecule has 0 aliphatic rings. The second-order valence-corrected chi connectivity index (χ2v) is 7.91. The summed E-state index contributed by atoms with van der Waals surface area (Å²) in [5, 5.41) is 13.0. The van der Waals surface area contributed by atoms with Crippen molar-refractivity contribution in [2.24, 2.45) is 0 Å². The maximum Gasteiger partial charge on any atom is 0.335 e. The lowest BCUT2D eigenvalue weighted by molar-refractivity contribution is 0.0696. The van der Waals surface area contributed by atoms with Crippen LogP contribution in [-0.4, -0.2) is 31.0 Å². The predicted molar refractivity (Wildman–Crippen MR) is 128 cm³/mol. The summed E-state index contributed by atoms with van der Waals surface area (Å²) in [5.74, 6) is 0.482. The van der Waals surface area contributed by atoms with Gasteiger partial charge in [-0.05, 0) is 60.2 Å². The van der Waals surface area contributed by atoms with E-state index in [9.17, 15) is 4.79 Å². The van der Waals surface area contributed by atoms with Crippen molar-refractivity contribution in [3.8, 4) is 22.6 Å². The van der Waals surface area contributed by atoms with E-state index in [4.69, 9.17) is 16.7 Å². The van der Waals surface area contributed by atoms with E-state index in [0.717, 1.165) is 39.2 Å². The van der Waals surface area contributed by atoms with Crippen LogP contribution in [-0.2, 0) is 6.54 Å². The molecule has 0 bridgehead atoms. The molecule has 7 nitrogen and oxygen atoms in total. The number of carboxylic acids is 1. The molecule has 2 aromatic carbocycles. The van der Waals surface area contributed by atoms with Gasteiger partial charge in [-0.25, -0.2) is 14.8 Å². The van der Waals surface area contributed by atoms with Gasteiger partial charge in [0.1, 0.15) is 11.6 Å². The summed E-state index contributed by atoms with van der Waals surface area (Å²) in [6.45, 7) is 0.475. The first-order valence-corrected chi connectivity index (χ1v) is 10.6. The molecule has 3 N–H and O–H groups in total. The van der Waals surface area contributed by atoms with Gasteiger partial charge in [0.05, 0.1) is 22.3 Å². The minimum Gasteiger partial charge on any atom is -0.478 e. The number of imidazole rings is 1. The number of fused-ring (bicyclic) bond motifs is 1. The minimum absolute atomic E-state index is 0.263. The fourth-order valence-electron chi connectivity index (χ4n) is 3.48. The summed E-state index contributed by atoms with van der Waals surface area (Å²) in [7, 11) is 0. The van der Waals surface area contributed by atoms with Gasteiger partial charge in [0.2, 0.25) is 0 Å². The normalized spacial score (nSPS) is 10.9. The molecule has 3 heterocycles. The summed E-state index contributed by atoms with van der Waals surface area (Å²) in [4.78, 5) is 28.0. The molecule has 0 saturated heterocycles. The van der Waals surface area contributed by atoms with Crippen molar-refractivity contribution < 1.29 is 9.90 Å². The third kappa shape index (κ3) is 4.53. The highest BCUT2D eigenvalue weighted by Crippen LogP contribution is 2.24. The average molecular weight is 456 g/mol. The monoisotopic (exact) mass is 455 g/mol. The first-order valence-electron chi connectivity index (χ1n) is 10.2. The van der Waals surface area contributed by atoms with Gasteiger partial charge in [-0.1, -0.05) is 23.7 Å². The molecule has 162 valence electrons. The van der Waals surface area contributed by atoms with Gasteiger partial charge >= 0.3 is 5.97 Å². The van der Waals surface area contributed by atoms with E-state index in [2.05, 4.69) is 25.3 Å². The summed E-state index contributed by atoms with van der Waals surface area (Å²) in [6.07, 6.45) is 3.53. The number of aromatic amines is 1. The Hall–Kier alpha value is -4.23. The van der Waals surface area contributed by atoms with Crippen LogP contribution in [0.3, 0.4) is 0 Å². The molecule has 0 fully saturated rings. The van der Waals surface area contributed by atoms with Crippen molar-refractivity contribution in [1.82, 2.24) is 19.9 Å². The molecule has 5 aromatic rings. The van der Waals surface area contributed by atoms with Crippen LogP contribution in [0.25, 0.3) is 33.7 Å². The molecular formula is C25H18ClN5O2. The number of hydrogen-bond donors (Lipinski definition) is 3. The highest BCUT2D eigenvalue weighted by molar-refractivity contribution is 6.31. The van der Waals surface area contributed by atoms with Gasteiger partial charge < -0.3 is 15.4 Å². The quantitative estimate of drug-likeness (QED) is 0.305. The van der Waals surface area contributed by atoms with E-state index in [-0.39, 0.29) is 5.56 Å². The standard InChI is InChI=1S/C25H18ClN5O2/c26-19-6-8-21-22(11-19)31-24(30-21)18-4-7-20(27-14-18)17-5-9-23(29-13-17)28-12-15-2-1-3-16(10-15)25(32)33/h1-11,13-14H,12H2,(H,28,29)(H,30,31)(H,32,33). The predicted octanol–water partition coefficient (Wildman–Crippen LogP) is 5.65. The lowest BCUT2D eigenvalue weighted by Crippen LogP contribution is -2.03. The molecule has 33 heavy (non-hydrogen) atoms. The van der Waals surface area contributed by atoms with Crippen LogP contribution in [0.5, 0.6) is 0 Å². The van der Waals surface area contributed by atoms with Crippen LogP contribution in [0.2, 0.25) is 5.02 Å². The Labute approximate surface area is 194 Å². The smallest absolute Gasteiger partial charge is 0.335 e. The van der Waals surface area contributed by atoms with Crippen LogP contribution in [0.15, 0.2) is 79.1 Å². The third-order valence-corrected chi connectivity index (χ3v) is 5.42. The maximum absolute atomic E-state index is 11.1. The van der Waals surface area contributed by atoms with Crippen molar-refractivity contribution >= 4 is 34.4 Å². The zero-order valence-corrected chi connectivity index (χ0v) is 18.0. The van der Waals surface area contributed by atoms with Gasteiger partial charge in [-0.15, -0.1) is 0 Å². The van der Waals surface area contributed by atoms with Gasteiger partial charge in [0.15, 0.2) is 0 Å². The Morgan fingerprint density at radius 3 is 2.58 bits per heavy atom. The van der Waals surface area contributed by atoms with E-state index < -0.39 is 5.97 Å². The maximum atomic E-state index is 11.1.